The average molecular weight is 205 g/mol. The van der Waals surface area contributed by atoms with Crippen molar-refractivity contribution in [3.8, 4) is 0 Å². The maximum Gasteiger partial charge on any atom is 0.111 e. The zero-order valence-corrected chi connectivity index (χ0v) is 9.91. The SMILES string of the molecule is C=C/C=C(/c1n[nH]nc1C)C(C)C(C)C. The molecule has 0 aliphatic heterocycles. The van der Waals surface area contributed by atoms with Gasteiger partial charge in [-0.25, -0.2) is 0 Å². The lowest BCUT2D eigenvalue weighted by Crippen LogP contribution is -2.07. The molecule has 0 saturated heterocycles. The molecule has 1 rings (SSSR count). The third-order valence-electron chi connectivity index (χ3n) is 2.78. The summed E-state index contributed by atoms with van der Waals surface area (Å²) in [6.07, 6.45) is 3.83. The van der Waals surface area contributed by atoms with Crippen LogP contribution in [0.4, 0.5) is 0 Å². The molecule has 1 aromatic rings. The van der Waals surface area contributed by atoms with Crippen molar-refractivity contribution < 1.29 is 0 Å². The number of nitrogens with one attached hydrogen (secondary N) is 1. The van der Waals surface area contributed by atoms with Crippen LogP contribution in [0.2, 0.25) is 0 Å². The fraction of sp³-hybridized carbons (Fsp3) is 0.500. The maximum atomic E-state index is 4.19. The minimum atomic E-state index is 0.451. The monoisotopic (exact) mass is 205 g/mol. The van der Waals surface area contributed by atoms with Crippen LogP contribution in [0, 0.1) is 18.8 Å². The van der Waals surface area contributed by atoms with Crippen molar-refractivity contribution in [1.29, 1.82) is 0 Å². The fourth-order valence-corrected chi connectivity index (χ4v) is 1.49. The van der Waals surface area contributed by atoms with Gasteiger partial charge in [0.25, 0.3) is 0 Å². The van der Waals surface area contributed by atoms with Gasteiger partial charge >= 0.3 is 0 Å². The molecule has 3 nitrogen and oxygen atoms in total. The van der Waals surface area contributed by atoms with E-state index in [1.807, 2.05) is 19.1 Å². The Hall–Kier alpha value is -1.38. The van der Waals surface area contributed by atoms with Crippen LogP contribution in [0.1, 0.15) is 32.2 Å². The third-order valence-corrected chi connectivity index (χ3v) is 2.78. The van der Waals surface area contributed by atoms with E-state index >= 15 is 0 Å². The predicted molar refractivity (Wildman–Crippen MR) is 63.3 cm³/mol. The van der Waals surface area contributed by atoms with E-state index in [0.29, 0.717) is 11.8 Å². The van der Waals surface area contributed by atoms with Crippen LogP contribution in [0.5, 0.6) is 0 Å². The lowest BCUT2D eigenvalue weighted by atomic mass is 9.87. The molecule has 0 radical (unpaired) electrons. The van der Waals surface area contributed by atoms with E-state index in [0.717, 1.165) is 11.4 Å². The summed E-state index contributed by atoms with van der Waals surface area (Å²) < 4.78 is 0. The zero-order chi connectivity index (χ0) is 11.4. The highest BCUT2D eigenvalue weighted by Crippen LogP contribution is 2.28. The number of rotatable bonds is 4. The standard InChI is InChI=1S/C12H19N3/c1-6-7-11(9(4)8(2)3)12-10(5)13-15-14-12/h6-9H,1H2,2-5H3,(H,13,14,15)/b11-7+. The van der Waals surface area contributed by atoms with E-state index in [9.17, 15) is 0 Å². The minimum absolute atomic E-state index is 0.451. The Kier molecular flexibility index (Phi) is 3.83. The smallest absolute Gasteiger partial charge is 0.111 e. The molecule has 0 aliphatic rings. The first-order valence-corrected chi connectivity index (χ1v) is 5.28. The number of H-pyrrole nitrogens is 1. The average Bonchev–Trinajstić information content (AvgIpc) is 2.59. The maximum absolute atomic E-state index is 4.19. The normalized spacial score (nSPS) is 14.3. The number of aromatic nitrogens is 3. The molecule has 82 valence electrons. The molecule has 0 aliphatic carbocycles. The number of aromatic amines is 1. The van der Waals surface area contributed by atoms with Gasteiger partial charge in [-0.05, 0) is 24.3 Å². The topological polar surface area (TPSA) is 41.6 Å². The van der Waals surface area contributed by atoms with Gasteiger partial charge in [0.1, 0.15) is 5.69 Å². The Balaban J connectivity index is 3.10. The van der Waals surface area contributed by atoms with E-state index < -0.39 is 0 Å². The first-order chi connectivity index (χ1) is 7.07. The van der Waals surface area contributed by atoms with Crippen molar-refractivity contribution in [2.45, 2.75) is 27.7 Å². The van der Waals surface area contributed by atoms with E-state index in [-0.39, 0.29) is 0 Å². The summed E-state index contributed by atoms with van der Waals surface area (Å²) in [5.41, 5.74) is 3.10. The fourth-order valence-electron chi connectivity index (χ4n) is 1.49. The van der Waals surface area contributed by atoms with Gasteiger partial charge in [0.05, 0.1) is 5.69 Å². The van der Waals surface area contributed by atoms with Gasteiger partial charge in [0, 0.05) is 0 Å². The van der Waals surface area contributed by atoms with E-state index in [1.54, 1.807) is 0 Å². The predicted octanol–water partition coefficient (Wildman–Crippen LogP) is 2.97. The molecule has 1 heterocycles. The van der Waals surface area contributed by atoms with Crippen LogP contribution in [0.3, 0.4) is 0 Å². The van der Waals surface area contributed by atoms with Crippen LogP contribution in [0.15, 0.2) is 18.7 Å². The van der Waals surface area contributed by atoms with Gasteiger partial charge in [-0.2, -0.15) is 15.4 Å². The number of allylic oxidation sites excluding steroid dienone is 3. The van der Waals surface area contributed by atoms with Gasteiger partial charge in [-0.1, -0.05) is 39.5 Å². The van der Waals surface area contributed by atoms with Crippen molar-refractivity contribution >= 4 is 5.57 Å². The summed E-state index contributed by atoms with van der Waals surface area (Å²) in [7, 11) is 0. The molecule has 3 heteroatoms. The molecular formula is C12H19N3. The number of hydrogen-bond acceptors (Lipinski definition) is 2. The number of aryl methyl sites for hydroxylation is 1. The second-order valence-corrected chi connectivity index (χ2v) is 4.15. The molecule has 0 fully saturated rings. The van der Waals surface area contributed by atoms with Crippen molar-refractivity contribution in [2.75, 3.05) is 0 Å². The lowest BCUT2D eigenvalue weighted by Gasteiger charge is -2.18. The minimum Gasteiger partial charge on any atom is -0.197 e. The highest BCUT2D eigenvalue weighted by atomic mass is 15.3. The van der Waals surface area contributed by atoms with Gasteiger partial charge in [-0.3, -0.25) is 0 Å². The summed E-state index contributed by atoms with van der Waals surface area (Å²) in [5, 5.41) is 10.9. The van der Waals surface area contributed by atoms with Crippen LogP contribution >= 0.6 is 0 Å². The highest BCUT2D eigenvalue weighted by Gasteiger charge is 2.18. The second kappa shape index (κ2) is 4.91. The molecule has 0 saturated carbocycles. The molecule has 1 aromatic heterocycles. The summed E-state index contributed by atoms with van der Waals surface area (Å²) in [6, 6.07) is 0. The summed E-state index contributed by atoms with van der Waals surface area (Å²) in [6.45, 7) is 12.3. The molecule has 0 bridgehead atoms. The van der Waals surface area contributed by atoms with Crippen LogP contribution in [-0.4, -0.2) is 15.4 Å². The molecule has 15 heavy (non-hydrogen) atoms. The van der Waals surface area contributed by atoms with E-state index in [2.05, 4.69) is 42.8 Å². The first kappa shape index (κ1) is 11.7. The van der Waals surface area contributed by atoms with Crippen LogP contribution < -0.4 is 0 Å². The van der Waals surface area contributed by atoms with Crippen LogP contribution in [-0.2, 0) is 0 Å². The second-order valence-electron chi connectivity index (χ2n) is 4.15. The van der Waals surface area contributed by atoms with Gasteiger partial charge in [0.15, 0.2) is 0 Å². The Morgan fingerprint density at radius 1 is 1.33 bits per heavy atom. The van der Waals surface area contributed by atoms with E-state index in [1.165, 1.54) is 5.57 Å². The zero-order valence-electron chi connectivity index (χ0n) is 9.91. The molecule has 0 spiro atoms. The van der Waals surface area contributed by atoms with Crippen LogP contribution in [0.25, 0.3) is 5.57 Å². The largest absolute Gasteiger partial charge is 0.197 e. The Morgan fingerprint density at radius 2 is 2.00 bits per heavy atom. The van der Waals surface area contributed by atoms with Crippen molar-refractivity contribution in [3.63, 3.8) is 0 Å². The van der Waals surface area contributed by atoms with Crippen molar-refractivity contribution in [1.82, 2.24) is 15.4 Å². The summed E-state index contributed by atoms with van der Waals surface area (Å²) in [4.78, 5) is 0. The third kappa shape index (κ3) is 2.55. The molecule has 1 N–H and O–H groups in total. The molecule has 1 atom stereocenters. The Morgan fingerprint density at radius 3 is 2.40 bits per heavy atom. The van der Waals surface area contributed by atoms with Gasteiger partial charge in [-0.15, -0.1) is 0 Å². The van der Waals surface area contributed by atoms with Gasteiger partial charge in [0.2, 0.25) is 0 Å². The molecular weight excluding hydrogens is 186 g/mol. The Bertz CT molecular complexity index is 361. The number of hydrogen-bond donors (Lipinski definition) is 1. The summed E-state index contributed by atoms with van der Waals surface area (Å²) in [5.74, 6) is 1.03. The quantitative estimate of drug-likeness (QED) is 0.768. The molecule has 0 amide bonds. The Labute approximate surface area is 91.3 Å². The van der Waals surface area contributed by atoms with E-state index in [4.69, 9.17) is 0 Å². The highest BCUT2D eigenvalue weighted by molar-refractivity contribution is 5.67. The van der Waals surface area contributed by atoms with Crippen molar-refractivity contribution in [3.05, 3.63) is 30.1 Å². The first-order valence-electron chi connectivity index (χ1n) is 5.28. The lowest BCUT2D eigenvalue weighted by molar-refractivity contribution is 0.516. The number of nitrogens with zero attached hydrogens (tertiary/aromatic N) is 2. The molecule has 1 unspecified atom stereocenters. The summed E-state index contributed by atoms with van der Waals surface area (Å²) >= 11 is 0. The van der Waals surface area contributed by atoms with Gasteiger partial charge < -0.3 is 0 Å². The van der Waals surface area contributed by atoms with Crippen molar-refractivity contribution in [2.24, 2.45) is 11.8 Å². The molecule has 0 aromatic carbocycles.